The topological polar surface area (TPSA) is 56.3 Å². The number of aryl methyl sites for hydroxylation is 2. The van der Waals surface area contributed by atoms with E-state index in [1.807, 2.05) is 75.4 Å². The summed E-state index contributed by atoms with van der Waals surface area (Å²) in [5, 5.41) is 0.678. The Hall–Kier alpha value is -3.31. The van der Waals surface area contributed by atoms with Crippen LogP contribution in [0.1, 0.15) is 44.3 Å². The summed E-state index contributed by atoms with van der Waals surface area (Å²) < 4.78 is 6.52. The van der Waals surface area contributed by atoms with Gasteiger partial charge >= 0.3 is 5.97 Å². The van der Waals surface area contributed by atoms with Gasteiger partial charge in [-0.25, -0.2) is 9.78 Å². The van der Waals surface area contributed by atoms with Gasteiger partial charge in [-0.2, -0.15) is 0 Å². The largest absolute Gasteiger partial charge is 0.451 e. The van der Waals surface area contributed by atoms with Crippen LogP contribution in [0.5, 0.6) is 0 Å². The molecule has 0 aliphatic rings. The standard InChI is InChI=1S/C28H24BrNO3/c1-16-5-9-20(10-6-16)26-18(3)25(23-15-22(29)13-14-24(23)30-26)28(32)33-19(4)27(31)21-11-7-17(2)8-12-21/h5-15,19H,1-4H3/t19-/m1/s1. The van der Waals surface area contributed by atoms with Crippen molar-refractivity contribution in [3.63, 3.8) is 0 Å². The van der Waals surface area contributed by atoms with Gasteiger partial charge in [0.1, 0.15) is 0 Å². The maximum atomic E-state index is 13.4. The average molecular weight is 502 g/mol. The number of hydrogen-bond donors (Lipinski definition) is 0. The van der Waals surface area contributed by atoms with Crippen molar-refractivity contribution in [2.75, 3.05) is 0 Å². The maximum Gasteiger partial charge on any atom is 0.339 e. The summed E-state index contributed by atoms with van der Waals surface area (Å²) in [6.45, 7) is 7.46. The Morgan fingerprint density at radius 1 is 0.879 bits per heavy atom. The highest BCUT2D eigenvalue weighted by Gasteiger charge is 2.25. The number of ether oxygens (including phenoxy) is 1. The molecule has 166 valence electrons. The van der Waals surface area contributed by atoms with Crippen LogP contribution < -0.4 is 0 Å². The predicted molar refractivity (Wildman–Crippen MR) is 135 cm³/mol. The van der Waals surface area contributed by atoms with Crippen LogP contribution in [0.3, 0.4) is 0 Å². The van der Waals surface area contributed by atoms with Crippen molar-refractivity contribution in [3.8, 4) is 11.3 Å². The minimum absolute atomic E-state index is 0.237. The molecule has 0 aliphatic heterocycles. The Balaban J connectivity index is 1.76. The summed E-state index contributed by atoms with van der Waals surface area (Å²) in [4.78, 5) is 31.1. The average Bonchev–Trinajstić information content (AvgIpc) is 2.79. The monoisotopic (exact) mass is 501 g/mol. The second-order valence-electron chi connectivity index (χ2n) is 8.27. The molecule has 0 saturated heterocycles. The molecule has 4 aromatic rings. The van der Waals surface area contributed by atoms with E-state index in [9.17, 15) is 9.59 Å². The summed E-state index contributed by atoms with van der Waals surface area (Å²) in [6.07, 6.45) is -0.919. The zero-order valence-electron chi connectivity index (χ0n) is 19.0. The first-order valence-corrected chi connectivity index (χ1v) is 11.5. The fourth-order valence-corrected chi connectivity index (χ4v) is 4.17. The first-order chi connectivity index (χ1) is 15.7. The Labute approximate surface area is 201 Å². The van der Waals surface area contributed by atoms with Gasteiger partial charge in [-0.3, -0.25) is 4.79 Å². The number of nitrogens with zero attached hydrogens (tertiary/aromatic N) is 1. The number of rotatable bonds is 5. The molecule has 0 spiro atoms. The fraction of sp³-hybridized carbons (Fsp3) is 0.179. The van der Waals surface area contributed by atoms with Crippen LogP contribution in [-0.4, -0.2) is 22.8 Å². The molecule has 0 unspecified atom stereocenters. The van der Waals surface area contributed by atoms with E-state index in [2.05, 4.69) is 15.9 Å². The van der Waals surface area contributed by atoms with Crippen LogP contribution in [0, 0.1) is 20.8 Å². The highest BCUT2D eigenvalue weighted by molar-refractivity contribution is 9.10. The predicted octanol–water partition coefficient (Wildman–Crippen LogP) is 7.02. The third-order valence-electron chi connectivity index (χ3n) is 5.71. The lowest BCUT2D eigenvalue weighted by atomic mass is 9.97. The second-order valence-corrected chi connectivity index (χ2v) is 9.18. The van der Waals surface area contributed by atoms with Gasteiger partial charge in [0.05, 0.1) is 16.8 Å². The van der Waals surface area contributed by atoms with Crippen molar-refractivity contribution in [3.05, 3.63) is 99.0 Å². The van der Waals surface area contributed by atoms with Crippen molar-refractivity contribution in [1.82, 2.24) is 4.98 Å². The summed E-state index contributed by atoms with van der Waals surface area (Å²) in [5.74, 6) is -0.779. The van der Waals surface area contributed by atoms with E-state index < -0.39 is 12.1 Å². The number of carbonyl (C=O) groups excluding carboxylic acids is 2. The zero-order valence-corrected chi connectivity index (χ0v) is 20.6. The molecule has 5 heteroatoms. The second kappa shape index (κ2) is 9.28. The molecule has 1 atom stereocenters. The van der Waals surface area contributed by atoms with E-state index in [1.54, 1.807) is 19.1 Å². The molecule has 0 bridgehead atoms. The molecule has 33 heavy (non-hydrogen) atoms. The van der Waals surface area contributed by atoms with E-state index in [-0.39, 0.29) is 5.78 Å². The lowest BCUT2D eigenvalue weighted by Gasteiger charge is -2.17. The Kier molecular flexibility index (Phi) is 6.43. The van der Waals surface area contributed by atoms with Crippen LogP contribution >= 0.6 is 15.9 Å². The molecule has 0 radical (unpaired) electrons. The van der Waals surface area contributed by atoms with Crippen molar-refractivity contribution >= 4 is 38.6 Å². The van der Waals surface area contributed by atoms with E-state index in [0.29, 0.717) is 33.3 Å². The minimum Gasteiger partial charge on any atom is -0.451 e. The Morgan fingerprint density at radius 3 is 2.12 bits per heavy atom. The summed E-state index contributed by atoms with van der Waals surface area (Å²) in [7, 11) is 0. The number of hydrogen-bond acceptors (Lipinski definition) is 4. The molecule has 4 rings (SSSR count). The van der Waals surface area contributed by atoms with Crippen LogP contribution in [0.2, 0.25) is 0 Å². The molecule has 0 N–H and O–H groups in total. The SMILES string of the molecule is Cc1ccc(C(=O)[C@@H](C)OC(=O)c2c(C)c(-c3ccc(C)cc3)nc3ccc(Br)cc23)cc1. The molecular weight excluding hydrogens is 478 g/mol. The first kappa shape index (κ1) is 22.9. The number of Topliss-reactive ketones (excluding diaryl/α,β-unsaturated/α-hetero) is 1. The number of benzene rings is 3. The lowest BCUT2D eigenvalue weighted by Crippen LogP contribution is -2.25. The molecule has 4 nitrogen and oxygen atoms in total. The lowest BCUT2D eigenvalue weighted by molar-refractivity contribution is 0.0320. The van der Waals surface area contributed by atoms with Crippen molar-refractivity contribution in [2.24, 2.45) is 0 Å². The molecule has 0 aliphatic carbocycles. The molecule has 1 heterocycles. The summed E-state index contributed by atoms with van der Waals surface area (Å²) >= 11 is 3.49. The molecule has 0 saturated carbocycles. The Morgan fingerprint density at radius 2 is 1.48 bits per heavy atom. The quantitative estimate of drug-likeness (QED) is 0.218. The molecule has 0 amide bonds. The van der Waals surface area contributed by atoms with Crippen molar-refractivity contribution < 1.29 is 14.3 Å². The van der Waals surface area contributed by atoms with Crippen molar-refractivity contribution in [1.29, 1.82) is 0 Å². The van der Waals surface area contributed by atoms with Gasteiger partial charge in [0, 0.05) is 21.0 Å². The van der Waals surface area contributed by atoms with E-state index in [1.165, 1.54) is 0 Å². The number of ketones is 1. The smallest absolute Gasteiger partial charge is 0.339 e. The summed E-state index contributed by atoms with van der Waals surface area (Å²) in [5.41, 5.74) is 6.16. The van der Waals surface area contributed by atoms with E-state index in [0.717, 1.165) is 21.2 Å². The number of carbonyl (C=O) groups is 2. The number of esters is 1. The highest BCUT2D eigenvalue weighted by Crippen LogP contribution is 2.32. The van der Waals surface area contributed by atoms with Gasteiger partial charge in [0.25, 0.3) is 0 Å². The van der Waals surface area contributed by atoms with E-state index >= 15 is 0 Å². The van der Waals surface area contributed by atoms with Gasteiger partial charge in [-0.1, -0.05) is 75.6 Å². The number of pyridine rings is 1. The normalized spacial score (nSPS) is 11.9. The number of halogens is 1. The molecular formula is C28H24BrNO3. The highest BCUT2D eigenvalue weighted by atomic mass is 79.9. The van der Waals surface area contributed by atoms with Gasteiger partial charge in [0.2, 0.25) is 5.78 Å². The van der Waals surface area contributed by atoms with Gasteiger partial charge < -0.3 is 4.74 Å². The van der Waals surface area contributed by atoms with Gasteiger partial charge in [-0.05, 0) is 51.5 Å². The zero-order chi connectivity index (χ0) is 23.7. The van der Waals surface area contributed by atoms with Crippen molar-refractivity contribution in [2.45, 2.75) is 33.8 Å². The maximum absolute atomic E-state index is 13.4. The van der Waals surface area contributed by atoms with Crippen LogP contribution in [-0.2, 0) is 4.74 Å². The van der Waals surface area contributed by atoms with Crippen LogP contribution in [0.15, 0.2) is 71.2 Å². The third kappa shape index (κ3) is 4.74. The first-order valence-electron chi connectivity index (χ1n) is 10.7. The number of fused-ring (bicyclic) bond motifs is 1. The van der Waals surface area contributed by atoms with Crippen LogP contribution in [0.25, 0.3) is 22.2 Å². The summed E-state index contributed by atoms with van der Waals surface area (Å²) in [6, 6.07) is 20.9. The van der Waals surface area contributed by atoms with Crippen LogP contribution in [0.4, 0.5) is 0 Å². The third-order valence-corrected chi connectivity index (χ3v) is 6.20. The van der Waals surface area contributed by atoms with E-state index in [4.69, 9.17) is 9.72 Å². The molecule has 0 fully saturated rings. The van der Waals surface area contributed by atoms with Gasteiger partial charge in [0.15, 0.2) is 6.10 Å². The van der Waals surface area contributed by atoms with Gasteiger partial charge in [-0.15, -0.1) is 0 Å². The minimum atomic E-state index is -0.919. The molecule has 3 aromatic carbocycles. The molecule has 1 aromatic heterocycles. The Bertz CT molecular complexity index is 1360. The number of aromatic nitrogens is 1. The fourth-order valence-electron chi connectivity index (χ4n) is 3.81.